The highest BCUT2D eigenvalue weighted by molar-refractivity contribution is 7.19. The van der Waals surface area contributed by atoms with Crippen LogP contribution in [0.2, 0.25) is 0 Å². The van der Waals surface area contributed by atoms with E-state index in [0.717, 1.165) is 28.3 Å². The molecule has 3 aromatic heterocycles. The number of aryl methyl sites for hydroxylation is 2. The molecule has 2 N–H and O–H groups in total. The van der Waals surface area contributed by atoms with Crippen LogP contribution >= 0.6 is 11.3 Å². The Labute approximate surface area is 132 Å². The molecule has 0 bridgehead atoms. The van der Waals surface area contributed by atoms with Gasteiger partial charge in [-0.1, -0.05) is 17.4 Å². The Balaban J connectivity index is 1.95. The molecule has 4 rings (SSSR count). The molecule has 4 aromatic rings. The molecule has 0 atom stereocenters. The molecule has 0 aliphatic rings. The summed E-state index contributed by atoms with van der Waals surface area (Å²) in [6.45, 7) is 3.65. The summed E-state index contributed by atoms with van der Waals surface area (Å²) in [5.41, 5.74) is 4.14. The number of hydrogen-bond donors (Lipinski definition) is 2. The second kappa shape index (κ2) is 4.56. The Bertz CT molecular complexity index is 1150. The zero-order valence-corrected chi connectivity index (χ0v) is 13.0. The molecule has 7 nitrogen and oxygen atoms in total. The fourth-order valence-electron chi connectivity index (χ4n) is 2.77. The highest BCUT2D eigenvalue weighted by Crippen LogP contribution is 2.31. The van der Waals surface area contributed by atoms with Crippen molar-refractivity contribution in [2.24, 2.45) is 0 Å². The third-order valence-corrected chi connectivity index (χ3v) is 4.95. The van der Waals surface area contributed by atoms with Crippen LogP contribution in [0.15, 0.2) is 27.4 Å². The maximum Gasteiger partial charge on any atom is 0.417 e. The number of rotatable bonds is 2. The Kier molecular flexibility index (Phi) is 2.73. The minimum Gasteiger partial charge on any atom is -0.477 e. The molecular formula is C15H11N3O4S. The first-order valence-electron chi connectivity index (χ1n) is 6.80. The maximum absolute atomic E-state index is 11.3. The molecule has 23 heavy (non-hydrogen) atoms. The van der Waals surface area contributed by atoms with Gasteiger partial charge in [0.05, 0.1) is 11.2 Å². The van der Waals surface area contributed by atoms with E-state index in [1.165, 1.54) is 0 Å². The lowest BCUT2D eigenvalue weighted by Gasteiger charge is -2.01. The van der Waals surface area contributed by atoms with Gasteiger partial charge < -0.3 is 9.52 Å². The van der Waals surface area contributed by atoms with E-state index in [-0.39, 0.29) is 4.88 Å². The van der Waals surface area contributed by atoms with E-state index in [1.54, 1.807) is 19.1 Å². The van der Waals surface area contributed by atoms with E-state index in [9.17, 15) is 14.7 Å². The number of aromatic nitrogens is 3. The summed E-state index contributed by atoms with van der Waals surface area (Å²) in [4.78, 5) is 30.5. The first-order valence-corrected chi connectivity index (χ1v) is 7.62. The van der Waals surface area contributed by atoms with Gasteiger partial charge in [0, 0.05) is 17.0 Å². The van der Waals surface area contributed by atoms with Crippen molar-refractivity contribution in [1.82, 2.24) is 14.4 Å². The monoisotopic (exact) mass is 329 g/mol. The number of nitrogens with zero attached hydrogens (tertiary/aromatic N) is 2. The number of fused-ring (bicyclic) bond motifs is 2. The van der Waals surface area contributed by atoms with Crippen molar-refractivity contribution in [2.45, 2.75) is 13.8 Å². The third-order valence-electron chi connectivity index (χ3n) is 3.82. The smallest absolute Gasteiger partial charge is 0.417 e. The molecule has 0 unspecified atom stereocenters. The van der Waals surface area contributed by atoms with Crippen LogP contribution in [-0.4, -0.2) is 25.4 Å². The van der Waals surface area contributed by atoms with Gasteiger partial charge in [0.15, 0.2) is 10.5 Å². The standard InChI is InChI=1S/C15H11N3O4S/c1-6-11(8-3-4-9-10(5-8)22-15(21)16-9)17-14-18(6)7(2)12(23-14)13(19)20/h3-5H,1-2H3,(H,16,21)(H,19,20). The van der Waals surface area contributed by atoms with Crippen LogP contribution in [0.5, 0.6) is 0 Å². The van der Waals surface area contributed by atoms with Crippen molar-refractivity contribution in [1.29, 1.82) is 0 Å². The van der Waals surface area contributed by atoms with E-state index in [4.69, 9.17) is 4.42 Å². The Morgan fingerprint density at radius 1 is 1.35 bits per heavy atom. The summed E-state index contributed by atoms with van der Waals surface area (Å²) in [7, 11) is 0. The fourth-order valence-corrected chi connectivity index (χ4v) is 3.78. The summed E-state index contributed by atoms with van der Waals surface area (Å²) >= 11 is 1.14. The molecule has 0 amide bonds. The molecule has 0 fully saturated rings. The van der Waals surface area contributed by atoms with Crippen molar-refractivity contribution in [3.05, 3.63) is 45.0 Å². The zero-order chi connectivity index (χ0) is 16.3. The van der Waals surface area contributed by atoms with Crippen molar-refractivity contribution < 1.29 is 14.3 Å². The van der Waals surface area contributed by atoms with Crippen LogP contribution in [-0.2, 0) is 0 Å². The van der Waals surface area contributed by atoms with E-state index < -0.39 is 11.7 Å². The first kappa shape index (κ1) is 13.8. The minimum absolute atomic E-state index is 0.286. The predicted octanol–water partition coefficient (Wildman–Crippen LogP) is 2.81. The molecular weight excluding hydrogens is 318 g/mol. The first-order chi connectivity index (χ1) is 11.0. The molecule has 3 heterocycles. The molecule has 0 radical (unpaired) electrons. The van der Waals surface area contributed by atoms with E-state index in [1.807, 2.05) is 17.4 Å². The number of hydrogen-bond acceptors (Lipinski definition) is 5. The number of H-pyrrole nitrogens is 1. The molecule has 0 saturated carbocycles. The topological polar surface area (TPSA) is 101 Å². The van der Waals surface area contributed by atoms with E-state index >= 15 is 0 Å². The van der Waals surface area contributed by atoms with Gasteiger partial charge in [0.2, 0.25) is 0 Å². The molecule has 0 aliphatic heterocycles. The largest absolute Gasteiger partial charge is 0.477 e. The van der Waals surface area contributed by atoms with Crippen LogP contribution in [0.25, 0.3) is 27.3 Å². The lowest BCUT2D eigenvalue weighted by Crippen LogP contribution is -1.98. The number of aromatic amines is 1. The average molecular weight is 329 g/mol. The van der Waals surface area contributed by atoms with Crippen LogP contribution in [0, 0.1) is 13.8 Å². The number of carbonyl (C=O) groups is 1. The van der Waals surface area contributed by atoms with Crippen molar-refractivity contribution >= 4 is 33.4 Å². The van der Waals surface area contributed by atoms with Crippen molar-refractivity contribution in [2.75, 3.05) is 0 Å². The average Bonchev–Trinajstić information content (AvgIpc) is 3.11. The number of imidazole rings is 1. The summed E-state index contributed by atoms with van der Waals surface area (Å²) < 4.78 is 6.91. The SMILES string of the molecule is Cc1c(-c2ccc3[nH]c(=O)oc3c2)nc2sc(C(=O)O)c(C)n12. The summed E-state index contributed by atoms with van der Waals surface area (Å²) in [5.74, 6) is -1.45. The van der Waals surface area contributed by atoms with Crippen LogP contribution in [0.4, 0.5) is 0 Å². The Hall–Kier alpha value is -2.87. The van der Waals surface area contributed by atoms with Gasteiger partial charge in [-0.05, 0) is 26.0 Å². The van der Waals surface area contributed by atoms with Gasteiger partial charge in [-0.25, -0.2) is 14.6 Å². The number of oxazole rings is 1. The number of thiazole rings is 1. The minimum atomic E-state index is -0.950. The van der Waals surface area contributed by atoms with Crippen LogP contribution in [0.1, 0.15) is 21.1 Å². The molecule has 8 heteroatoms. The quantitative estimate of drug-likeness (QED) is 0.589. The number of nitrogens with one attached hydrogen (secondary N) is 1. The van der Waals surface area contributed by atoms with Crippen LogP contribution < -0.4 is 5.76 Å². The Morgan fingerprint density at radius 2 is 2.13 bits per heavy atom. The number of benzene rings is 1. The molecule has 116 valence electrons. The highest BCUT2D eigenvalue weighted by atomic mass is 32.1. The van der Waals surface area contributed by atoms with Crippen LogP contribution in [0.3, 0.4) is 0 Å². The summed E-state index contributed by atoms with van der Waals surface area (Å²) in [6.07, 6.45) is 0. The van der Waals surface area contributed by atoms with E-state index in [2.05, 4.69) is 9.97 Å². The summed E-state index contributed by atoms with van der Waals surface area (Å²) in [6, 6.07) is 5.36. The van der Waals surface area contributed by atoms with Crippen molar-refractivity contribution in [3.8, 4) is 11.3 Å². The Morgan fingerprint density at radius 3 is 2.83 bits per heavy atom. The van der Waals surface area contributed by atoms with Gasteiger partial charge in [-0.15, -0.1) is 0 Å². The zero-order valence-electron chi connectivity index (χ0n) is 12.2. The predicted molar refractivity (Wildman–Crippen MR) is 85.3 cm³/mol. The lowest BCUT2D eigenvalue weighted by molar-refractivity contribution is 0.0701. The molecule has 1 aromatic carbocycles. The van der Waals surface area contributed by atoms with Gasteiger partial charge in [0.25, 0.3) is 0 Å². The van der Waals surface area contributed by atoms with Gasteiger partial charge in [-0.2, -0.15) is 0 Å². The fraction of sp³-hybridized carbons (Fsp3) is 0.133. The number of carboxylic acids is 1. The van der Waals surface area contributed by atoms with Crippen molar-refractivity contribution in [3.63, 3.8) is 0 Å². The normalized spacial score (nSPS) is 11.6. The van der Waals surface area contributed by atoms with Gasteiger partial charge in [0.1, 0.15) is 4.88 Å². The lowest BCUT2D eigenvalue weighted by atomic mass is 10.1. The second-order valence-electron chi connectivity index (χ2n) is 5.21. The molecule has 0 aliphatic carbocycles. The highest BCUT2D eigenvalue weighted by Gasteiger charge is 2.20. The van der Waals surface area contributed by atoms with Gasteiger partial charge >= 0.3 is 11.7 Å². The molecule has 0 spiro atoms. The van der Waals surface area contributed by atoms with Gasteiger partial charge in [-0.3, -0.25) is 9.38 Å². The maximum atomic E-state index is 11.3. The molecule has 0 saturated heterocycles. The number of carboxylic acid groups (broad SMARTS) is 1. The second-order valence-corrected chi connectivity index (χ2v) is 6.19. The van der Waals surface area contributed by atoms with E-state index in [0.29, 0.717) is 21.8 Å². The third kappa shape index (κ3) is 1.92. The number of aromatic carboxylic acids is 1. The summed E-state index contributed by atoms with van der Waals surface area (Å²) in [5, 5.41) is 9.21.